The van der Waals surface area contributed by atoms with Gasteiger partial charge in [-0.1, -0.05) is 41.4 Å². The molecule has 0 spiro atoms. The van der Waals surface area contributed by atoms with E-state index in [0.29, 0.717) is 10.0 Å². The SMILES string of the molecule is CC(NC(N)=NCCN1C(=O)C2C3C=CC(C3)C2C1=O)c1ccc(Cl)cc1Cl. The number of likely N-dealkylation sites (tertiary alicyclic amines) is 1. The van der Waals surface area contributed by atoms with E-state index >= 15 is 0 Å². The predicted molar refractivity (Wildman–Crippen MR) is 109 cm³/mol. The van der Waals surface area contributed by atoms with Crippen LogP contribution in [0, 0.1) is 23.7 Å². The summed E-state index contributed by atoms with van der Waals surface area (Å²) in [5.41, 5.74) is 6.82. The molecule has 0 radical (unpaired) electrons. The van der Waals surface area contributed by atoms with E-state index in [9.17, 15) is 9.59 Å². The van der Waals surface area contributed by atoms with Gasteiger partial charge >= 0.3 is 0 Å². The average Bonchev–Trinajstić information content (AvgIpc) is 3.31. The zero-order valence-electron chi connectivity index (χ0n) is 15.4. The van der Waals surface area contributed by atoms with Crippen LogP contribution in [0.15, 0.2) is 35.3 Å². The molecule has 2 bridgehead atoms. The van der Waals surface area contributed by atoms with Gasteiger partial charge in [0.25, 0.3) is 0 Å². The number of fused-ring (bicyclic) bond motifs is 5. The fraction of sp³-hybridized carbons (Fsp3) is 0.450. The molecular weight excluding hydrogens is 399 g/mol. The molecule has 1 aromatic carbocycles. The summed E-state index contributed by atoms with van der Waals surface area (Å²) in [5, 5.41) is 4.18. The van der Waals surface area contributed by atoms with Gasteiger partial charge < -0.3 is 11.1 Å². The van der Waals surface area contributed by atoms with Crippen molar-refractivity contribution in [2.24, 2.45) is 34.4 Å². The molecule has 5 atom stereocenters. The third-order valence-electron chi connectivity index (χ3n) is 5.96. The minimum Gasteiger partial charge on any atom is -0.370 e. The summed E-state index contributed by atoms with van der Waals surface area (Å²) >= 11 is 12.1. The molecule has 148 valence electrons. The van der Waals surface area contributed by atoms with Crippen molar-refractivity contribution in [3.05, 3.63) is 46.0 Å². The zero-order valence-corrected chi connectivity index (χ0v) is 17.0. The number of amides is 2. The first-order valence-corrected chi connectivity index (χ1v) is 10.2. The van der Waals surface area contributed by atoms with Crippen molar-refractivity contribution < 1.29 is 9.59 Å². The summed E-state index contributed by atoms with van der Waals surface area (Å²) < 4.78 is 0. The van der Waals surface area contributed by atoms with Gasteiger partial charge in [-0.3, -0.25) is 19.5 Å². The Hall–Kier alpha value is -2.05. The first kappa shape index (κ1) is 19.3. The number of allylic oxidation sites excluding steroid dienone is 2. The van der Waals surface area contributed by atoms with Crippen LogP contribution < -0.4 is 11.1 Å². The van der Waals surface area contributed by atoms with E-state index in [4.69, 9.17) is 28.9 Å². The Morgan fingerprint density at radius 1 is 1.25 bits per heavy atom. The Labute approximate surface area is 173 Å². The number of nitrogens with two attached hydrogens (primary N) is 1. The zero-order chi connectivity index (χ0) is 20.0. The number of hydrogen-bond acceptors (Lipinski definition) is 3. The highest BCUT2D eigenvalue weighted by atomic mass is 35.5. The van der Waals surface area contributed by atoms with Gasteiger partial charge in [-0.2, -0.15) is 0 Å². The van der Waals surface area contributed by atoms with Crippen molar-refractivity contribution in [2.45, 2.75) is 19.4 Å². The summed E-state index contributed by atoms with van der Waals surface area (Å²) in [5.74, 6) is 0.209. The molecule has 1 saturated heterocycles. The number of nitrogens with zero attached hydrogens (tertiary/aromatic N) is 2. The van der Waals surface area contributed by atoms with Crippen LogP contribution in [-0.2, 0) is 9.59 Å². The molecule has 1 saturated carbocycles. The van der Waals surface area contributed by atoms with Crippen LogP contribution in [0.4, 0.5) is 0 Å². The van der Waals surface area contributed by atoms with Crippen molar-refractivity contribution in [1.29, 1.82) is 0 Å². The Balaban J connectivity index is 1.33. The third kappa shape index (κ3) is 3.29. The molecule has 3 aliphatic rings. The smallest absolute Gasteiger partial charge is 0.233 e. The lowest BCUT2D eigenvalue weighted by Gasteiger charge is -2.18. The topological polar surface area (TPSA) is 87.8 Å². The van der Waals surface area contributed by atoms with Crippen molar-refractivity contribution >= 4 is 41.0 Å². The van der Waals surface area contributed by atoms with E-state index in [1.807, 2.05) is 13.0 Å². The minimum atomic E-state index is -0.172. The van der Waals surface area contributed by atoms with Crippen molar-refractivity contribution in [2.75, 3.05) is 13.1 Å². The molecule has 2 aliphatic carbocycles. The maximum absolute atomic E-state index is 12.6. The Bertz CT molecular complexity index is 855. The van der Waals surface area contributed by atoms with Gasteiger partial charge in [-0.25, -0.2) is 0 Å². The second kappa shape index (κ2) is 7.41. The quantitative estimate of drug-likeness (QED) is 0.331. The first-order valence-electron chi connectivity index (χ1n) is 9.41. The molecule has 5 unspecified atom stereocenters. The van der Waals surface area contributed by atoms with Gasteiger partial charge in [-0.05, 0) is 42.9 Å². The standard InChI is InChI=1S/C20H22Cl2N4O2/c1-10(14-5-4-13(21)9-15(14)22)25-20(23)24-6-7-26-18(27)16-11-2-3-12(8-11)17(16)19(26)28/h2-5,9-12,16-17H,6-8H2,1H3,(H3,23,24,25). The normalized spacial score (nSPS) is 29.5. The lowest BCUT2D eigenvalue weighted by molar-refractivity contribution is -0.140. The molecule has 4 rings (SSSR count). The fourth-order valence-electron chi connectivity index (χ4n) is 4.65. The molecule has 8 heteroatoms. The van der Waals surface area contributed by atoms with Gasteiger partial charge in [-0.15, -0.1) is 0 Å². The second-order valence-electron chi connectivity index (χ2n) is 7.63. The molecule has 28 heavy (non-hydrogen) atoms. The van der Waals surface area contributed by atoms with E-state index in [1.165, 1.54) is 4.90 Å². The summed E-state index contributed by atoms with van der Waals surface area (Å²) in [7, 11) is 0. The number of carbonyl (C=O) groups is 2. The second-order valence-corrected chi connectivity index (χ2v) is 8.47. The number of hydrogen-bond donors (Lipinski definition) is 2. The van der Waals surface area contributed by atoms with E-state index < -0.39 is 0 Å². The number of imide groups is 1. The lowest BCUT2D eigenvalue weighted by atomic mass is 9.85. The van der Waals surface area contributed by atoms with E-state index in [1.54, 1.807) is 12.1 Å². The van der Waals surface area contributed by atoms with Crippen LogP contribution >= 0.6 is 23.2 Å². The van der Waals surface area contributed by atoms with Crippen LogP contribution in [0.2, 0.25) is 10.0 Å². The largest absolute Gasteiger partial charge is 0.370 e. The maximum Gasteiger partial charge on any atom is 0.233 e. The molecule has 2 fully saturated rings. The predicted octanol–water partition coefficient (Wildman–Crippen LogP) is 2.77. The van der Waals surface area contributed by atoms with Crippen LogP contribution in [0.5, 0.6) is 0 Å². The summed E-state index contributed by atoms with van der Waals surface area (Å²) in [6.07, 6.45) is 5.11. The molecular formula is C20H22Cl2N4O2. The highest BCUT2D eigenvalue weighted by Gasteiger charge is 2.58. The minimum absolute atomic E-state index is 0.0603. The van der Waals surface area contributed by atoms with Crippen LogP contribution in [0.25, 0.3) is 0 Å². The van der Waals surface area contributed by atoms with Gasteiger partial charge in [0.2, 0.25) is 11.8 Å². The molecule has 1 aromatic rings. The van der Waals surface area contributed by atoms with Gasteiger partial charge in [0.15, 0.2) is 5.96 Å². The number of aliphatic imine (C=N–C) groups is 1. The number of carbonyl (C=O) groups excluding carboxylic acids is 2. The highest BCUT2D eigenvalue weighted by molar-refractivity contribution is 6.35. The number of halogens is 2. The monoisotopic (exact) mass is 420 g/mol. The summed E-state index contributed by atoms with van der Waals surface area (Å²) in [4.78, 5) is 30.9. The summed E-state index contributed by atoms with van der Waals surface area (Å²) in [6.45, 7) is 2.43. The Morgan fingerprint density at radius 2 is 1.89 bits per heavy atom. The van der Waals surface area contributed by atoms with Crippen molar-refractivity contribution in [3.8, 4) is 0 Å². The number of nitrogens with one attached hydrogen (secondary N) is 1. The molecule has 1 heterocycles. The molecule has 1 aliphatic heterocycles. The average molecular weight is 421 g/mol. The molecule has 3 N–H and O–H groups in total. The first-order chi connectivity index (χ1) is 13.4. The maximum atomic E-state index is 12.6. The molecule has 2 amide bonds. The van der Waals surface area contributed by atoms with Crippen molar-refractivity contribution in [3.63, 3.8) is 0 Å². The molecule has 0 aromatic heterocycles. The Morgan fingerprint density at radius 3 is 2.50 bits per heavy atom. The number of rotatable bonds is 5. The van der Waals surface area contributed by atoms with E-state index in [0.717, 1.165) is 12.0 Å². The summed E-state index contributed by atoms with van der Waals surface area (Å²) in [6, 6.07) is 5.10. The van der Waals surface area contributed by atoms with Gasteiger partial charge in [0, 0.05) is 16.6 Å². The number of guanidine groups is 1. The third-order valence-corrected chi connectivity index (χ3v) is 6.52. The van der Waals surface area contributed by atoms with Gasteiger partial charge in [0.1, 0.15) is 0 Å². The highest BCUT2D eigenvalue weighted by Crippen LogP contribution is 2.52. The lowest BCUT2D eigenvalue weighted by Crippen LogP contribution is -2.37. The van der Waals surface area contributed by atoms with Gasteiger partial charge in [0.05, 0.1) is 24.4 Å². The van der Waals surface area contributed by atoms with Crippen LogP contribution in [0.1, 0.15) is 24.9 Å². The van der Waals surface area contributed by atoms with Crippen LogP contribution in [-0.4, -0.2) is 35.8 Å². The van der Waals surface area contributed by atoms with E-state index in [2.05, 4.69) is 22.5 Å². The van der Waals surface area contributed by atoms with Crippen LogP contribution in [0.3, 0.4) is 0 Å². The van der Waals surface area contributed by atoms with Crippen molar-refractivity contribution in [1.82, 2.24) is 10.2 Å². The Kier molecular flexibility index (Phi) is 5.10. The van der Waals surface area contributed by atoms with E-state index in [-0.39, 0.29) is 60.6 Å². The fourth-order valence-corrected chi connectivity index (χ4v) is 5.22. The number of benzene rings is 1. The molecule has 6 nitrogen and oxygen atoms in total.